The topological polar surface area (TPSA) is 42.3 Å². The molecular weight excluding hydrogens is 320 g/mol. The number of carbonyl (C=O) groups is 1. The number of hydrogen-bond donors (Lipinski definition) is 0. The number of nitrogens with zero attached hydrogens (tertiary/aromatic N) is 2. The van der Waals surface area contributed by atoms with Crippen LogP contribution in [0.1, 0.15) is 5.56 Å². The van der Waals surface area contributed by atoms with Gasteiger partial charge in [-0.25, -0.2) is 0 Å². The van der Waals surface area contributed by atoms with Gasteiger partial charge in [-0.15, -0.1) is 0 Å². The zero-order valence-corrected chi connectivity index (χ0v) is 12.3. The van der Waals surface area contributed by atoms with Crippen LogP contribution in [0.15, 0.2) is 51.9 Å². The van der Waals surface area contributed by atoms with Crippen LogP contribution in [0.3, 0.4) is 0 Å². The molecule has 5 heteroatoms. The van der Waals surface area contributed by atoms with Crippen LogP contribution < -0.4 is 10.5 Å². The lowest BCUT2D eigenvalue weighted by atomic mass is 10.2. The monoisotopic (exact) mass is 332 g/mol. The molecule has 0 saturated carbocycles. The molecular formula is C15H13BrN2O2. The summed E-state index contributed by atoms with van der Waals surface area (Å²) in [6, 6.07) is 11.0. The Hall–Kier alpha value is -1.88. The minimum atomic E-state index is -0.172. The highest BCUT2D eigenvalue weighted by atomic mass is 79.9. The molecule has 0 aliphatic carbocycles. The number of benzene rings is 1. The van der Waals surface area contributed by atoms with E-state index in [1.165, 1.54) is 16.2 Å². The van der Waals surface area contributed by atoms with E-state index in [4.69, 9.17) is 0 Å². The number of hydrogen-bond acceptors (Lipinski definition) is 2. The van der Waals surface area contributed by atoms with E-state index in [9.17, 15) is 9.59 Å². The van der Waals surface area contributed by atoms with Crippen molar-refractivity contribution in [3.63, 3.8) is 0 Å². The number of rotatable bonds is 2. The van der Waals surface area contributed by atoms with Crippen LogP contribution in [-0.2, 0) is 17.8 Å². The van der Waals surface area contributed by atoms with Crippen LogP contribution in [-0.4, -0.2) is 17.0 Å². The minimum Gasteiger partial charge on any atom is -0.310 e. The smallest absolute Gasteiger partial charge is 0.251 e. The first kappa shape index (κ1) is 13.1. The van der Waals surface area contributed by atoms with Gasteiger partial charge in [0.15, 0.2) is 0 Å². The van der Waals surface area contributed by atoms with E-state index in [0.717, 1.165) is 16.6 Å². The zero-order valence-electron chi connectivity index (χ0n) is 10.8. The van der Waals surface area contributed by atoms with E-state index < -0.39 is 0 Å². The quantitative estimate of drug-likeness (QED) is 0.846. The summed E-state index contributed by atoms with van der Waals surface area (Å²) in [6.45, 7) is 0.744. The maximum Gasteiger partial charge on any atom is 0.251 e. The molecule has 1 aromatic carbocycles. The summed E-state index contributed by atoms with van der Waals surface area (Å²) in [5.74, 6) is -0.0600. The second-order valence-corrected chi connectivity index (χ2v) is 5.65. The molecule has 1 aliphatic rings. The van der Waals surface area contributed by atoms with E-state index in [1.807, 2.05) is 24.3 Å². The highest BCUT2D eigenvalue weighted by Gasteiger charge is 2.24. The summed E-state index contributed by atoms with van der Waals surface area (Å²) < 4.78 is 2.21. The van der Waals surface area contributed by atoms with Gasteiger partial charge in [-0.1, -0.05) is 18.2 Å². The molecule has 2 aromatic rings. The number of halogens is 1. The summed E-state index contributed by atoms with van der Waals surface area (Å²) in [4.78, 5) is 25.9. The van der Waals surface area contributed by atoms with Crippen molar-refractivity contribution in [3.8, 4) is 0 Å². The van der Waals surface area contributed by atoms with Gasteiger partial charge in [0.1, 0.15) is 6.54 Å². The summed E-state index contributed by atoms with van der Waals surface area (Å²) in [7, 11) is 0. The lowest BCUT2D eigenvalue weighted by molar-refractivity contribution is -0.119. The average molecular weight is 333 g/mol. The lowest BCUT2D eigenvalue weighted by Crippen LogP contribution is -2.35. The highest BCUT2D eigenvalue weighted by molar-refractivity contribution is 9.10. The Kier molecular flexibility index (Phi) is 3.44. The van der Waals surface area contributed by atoms with E-state index in [1.54, 1.807) is 17.2 Å². The van der Waals surface area contributed by atoms with Crippen molar-refractivity contribution in [1.29, 1.82) is 0 Å². The standard InChI is InChI=1S/C15H13BrN2O2/c16-12-5-6-14(19)17(9-12)10-15(20)18-8-7-11-3-1-2-4-13(11)18/h1-6,9H,7-8,10H2. The molecule has 1 aliphatic heterocycles. The van der Waals surface area contributed by atoms with Crippen molar-refractivity contribution in [3.05, 3.63) is 63.0 Å². The number of pyridine rings is 1. The van der Waals surface area contributed by atoms with Gasteiger partial charge in [0.25, 0.3) is 5.56 Å². The maximum atomic E-state index is 12.4. The van der Waals surface area contributed by atoms with Crippen LogP contribution in [0.25, 0.3) is 0 Å². The van der Waals surface area contributed by atoms with Crippen molar-refractivity contribution in [2.45, 2.75) is 13.0 Å². The van der Waals surface area contributed by atoms with Gasteiger partial charge in [0.2, 0.25) is 5.91 Å². The van der Waals surface area contributed by atoms with Crippen molar-refractivity contribution in [1.82, 2.24) is 4.57 Å². The normalized spacial score (nSPS) is 13.3. The van der Waals surface area contributed by atoms with Gasteiger partial charge in [-0.05, 0) is 40.0 Å². The number of para-hydroxylation sites is 1. The Morgan fingerprint density at radius 1 is 1.20 bits per heavy atom. The fourth-order valence-corrected chi connectivity index (χ4v) is 2.83. The van der Waals surface area contributed by atoms with E-state index in [0.29, 0.717) is 6.54 Å². The molecule has 0 spiro atoms. The third kappa shape index (κ3) is 2.41. The molecule has 4 nitrogen and oxygen atoms in total. The summed E-state index contributed by atoms with van der Waals surface area (Å²) >= 11 is 3.31. The summed E-state index contributed by atoms with van der Waals surface area (Å²) in [6.07, 6.45) is 2.51. The molecule has 0 saturated heterocycles. The van der Waals surface area contributed by atoms with Crippen LogP contribution in [0.5, 0.6) is 0 Å². The molecule has 1 amide bonds. The number of carbonyl (C=O) groups excluding carboxylic acids is 1. The Morgan fingerprint density at radius 2 is 2.00 bits per heavy atom. The Balaban J connectivity index is 1.85. The molecule has 1 aromatic heterocycles. The molecule has 20 heavy (non-hydrogen) atoms. The Labute approximate surface area is 124 Å². The first-order chi connectivity index (χ1) is 9.65. The molecule has 0 radical (unpaired) electrons. The largest absolute Gasteiger partial charge is 0.310 e. The van der Waals surface area contributed by atoms with Crippen LogP contribution in [0, 0.1) is 0 Å². The molecule has 0 atom stereocenters. The van der Waals surface area contributed by atoms with Crippen molar-refractivity contribution in [2.75, 3.05) is 11.4 Å². The molecule has 0 N–H and O–H groups in total. The fourth-order valence-electron chi connectivity index (χ4n) is 2.45. The number of anilines is 1. The van der Waals surface area contributed by atoms with E-state index in [2.05, 4.69) is 15.9 Å². The highest BCUT2D eigenvalue weighted by Crippen LogP contribution is 2.27. The van der Waals surface area contributed by atoms with Gasteiger partial charge < -0.3 is 9.47 Å². The van der Waals surface area contributed by atoms with Crippen molar-refractivity contribution in [2.24, 2.45) is 0 Å². The number of aromatic nitrogens is 1. The third-order valence-electron chi connectivity index (χ3n) is 3.44. The van der Waals surface area contributed by atoms with Crippen LogP contribution in [0.4, 0.5) is 5.69 Å². The van der Waals surface area contributed by atoms with Crippen molar-refractivity contribution >= 4 is 27.5 Å². The second kappa shape index (κ2) is 5.25. The van der Waals surface area contributed by atoms with Gasteiger partial charge in [0.05, 0.1) is 0 Å². The predicted octanol–water partition coefficient (Wildman–Crippen LogP) is 2.20. The van der Waals surface area contributed by atoms with E-state index >= 15 is 0 Å². The van der Waals surface area contributed by atoms with Crippen LogP contribution >= 0.6 is 15.9 Å². The molecule has 0 fully saturated rings. The maximum absolute atomic E-state index is 12.4. The molecule has 102 valence electrons. The summed E-state index contributed by atoms with van der Waals surface area (Å²) in [5, 5.41) is 0. The SMILES string of the molecule is O=C(Cn1cc(Br)ccc1=O)N1CCc2ccccc21. The van der Waals surface area contributed by atoms with Crippen LogP contribution in [0.2, 0.25) is 0 Å². The summed E-state index contributed by atoms with van der Waals surface area (Å²) in [5.41, 5.74) is 1.97. The van der Waals surface area contributed by atoms with Gasteiger partial charge >= 0.3 is 0 Å². The molecule has 0 bridgehead atoms. The molecule has 0 unspecified atom stereocenters. The van der Waals surface area contributed by atoms with Gasteiger partial charge in [0, 0.05) is 29.0 Å². The molecule has 3 rings (SSSR count). The van der Waals surface area contributed by atoms with Gasteiger partial charge in [-0.3, -0.25) is 9.59 Å². The van der Waals surface area contributed by atoms with E-state index in [-0.39, 0.29) is 18.0 Å². The second-order valence-electron chi connectivity index (χ2n) is 4.74. The third-order valence-corrected chi connectivity index (χ3v) is 3.91. The molecule has 2 heterocycles. The fraction of sp³-hybridized carbons (Fsp3) is 0.200. The zero-order chi connectivity index (χ0) is 14.1. The van der Waals surface area contributed by atoms with Gasteiger partial charge in [-0.2, -0.15) is 0 Å². The Bertz CT molecular complexity index is 724. The number of fused-ring (bicyclic) bond motifs is 1. The number of amides is 1. The minimum absolute atomic E-state index is 0.0600. The first-order valence-electron chi connectivity index (χ1n) is 6.39. The first-order valence-corrected chi connectivity index (χ1v) is 7.19. The predicted molar refractivity (Wildman–Crippen MR) is 80.9 cm³/mol. The average Bonchev–Trinajstić information content (AvgIpc) is 2.87. The lowest BCUT2D eigenvalue weighted by Gasteiger charge is -2.18. The van der Waals surface area contributed by atoms with Crippen molar-refractivity contribution < 1.29 is 4.79 Å². The Morgan fingerprint density at radius 3 is 2.85 bits per heavy atom.